The van der Waals surface area contributed by atoms with Crippen LogP contribution in [0.2, 0.25) is 0 Å². The number of carbonyl (C=O) groups is 2. The quantitative estimate of drug-likeness (QED) is 0.472. The molecule has 4 aromatic rings. The molecule has 0 saturated heterocycles. The topological polar surface area (TPSA) is 123 Å². The number of aryl methyl sites for hydroxylation is 1. The molecule has 0 aliphatic rings. The number of rotatable bonds is 4. The molecular weight excluding hydrogens is 389 g/mol. The summed E-state index contributed by atoms with van der Waals surface area (Å²) < 4.78 is 19.5. The van der Waals surface area contributed by atoms with Crippen LogP contribution in [-0.2, 0) is 0 Å². The zero-order valence-corrected chi connectivity index (χ0v) is 15.8. The summed E-state index contributed by atoms with van der Waals surface area (Å²) in [5.41, 5.74) is 7.43. The number of hydrogen-bond acceptors (Lipinski definition) is 5. The fraction of sp³-hybridized carbons (Fsp3) is 0.0476. The number of nitrogens with two attached hydrogens (primary N) is 1. The van der Waals surface area contributed by atoms with Crippen LogP contribution in [0.15, 0.2) is 59.1 Å². The number of hydrogen-bond donors (Lipinski definition) is 3. The second-order valence-corrected chi connectivity index (χ2v) is 6.50. The number of aromatic nitrogens is 2. The molecule has 0 saturated carbocycles. The van der Waals surface area contributed by atoms with E-state index in [-0.39, 0.29) is 22.5 Å². The largest absolute Gasteiger partial charge is 0.351 e. The third-order valence-electron chi connectivity index (χ3n) is 4.42. The average molecular weight is 405 g/mol. The number of amides is 3. The predicted molar refractivity (Wildman–Crippen MR) is 110 cm³/mol. The second kappa shape index (κ2) is 7.63. The van der Waals surface area contributed by atoms with Crippen molar-refractivity contribution < 1.29 is 18.5 Å². The number of benzene rings is 2. The van der Waals surface area contributed by atoms with Crippen molar-refractivity contribution in [3.8, 4) is 11.3 Å². The van der Waals surface area contributed by atoms with Crippen LogP contribution in [0, 0.1) is 12.7 Å². The molecule has 2 aromatic carbocycles. The van der Waals surface area contributed by atoms with Crippen LogP contribution in [-0.4, -0.2) is 22.1 Å². The highest BCUT2D eigenvalue weighted by Gasteiger charge is 2.20. The maximum atomic E-state index is 14.3. The van der Waals surface area contributed by atoms with Crippen LogP contribution >= 0.6 is 0 Å². The Balaban J connectivity index is 1.72. The minimum absolute atomic E-state index is 0.138. The first-order valence-corrected chi connectivity index (χ1v) is 8.92. The molecule has 0 radical (unpaired) electrons. The number of pyridine rings is 1. The van der Waals surface area contributed by atoms with Crippen LogP contribution < -0.4 is 16.4 Å². The van der Waals surface area contributed by atoms with Crippen molar-refractivity contribution in [1.29, 1.82) is 0 Å². The maximum absolute atomic E-state index is 14.3. The van der Waals surface area contributed by atoms with Crippen molar-refractivity contribution in [3.05, 3.63) is 71.7 Å². The van der Waals surface area contributed by atoms with Crippen molar-refractivity contribution in [2.24, 2.45) is 5.73 Å². The van der Waals surface area contributed by atoms with Crippen LogP contribution in [0.25, 0.3) is 22.4 Å². The van der Waals surface area contributed by atoms with Crippen LogP contribution in [0.3, 0.4) is 0 Å². The van der Waals surface area contributed by atoms with Crippen LogP contribution in [0.5, 0.6) is 0 Å². The molecule has 0 atom stereocenters. The Morgan fingerprint density at radius 1 is 1.03 bits per heavy atom. The molecule has 0 aliphatic carbocycles. The molecule has 3 amide bonds. The van der Waals surface area contributed by atoms with E-state index >= 15 is 0 Å². The van der Waals surface area contributed by atoms with Gasteiger partial charge in [0.1, 0.15) is 5.82 Å². The lowest BCUT2D eigenvalue weighted by atomic mass is 10.0. The van der Waals surface area contributed by atoms with Gasteiger partial charge in [0.05, 0.1) is 22.3 Å². The number of nitrogens with zero attached hydrogens (tertiary/aromatic N) is 2. The minimum atomic E-state index is -0.686. The van der Waals surface area contributed by atoms with E-state index in [0.29, 0.717) is 22.5 Å². The predicted octanol–water partition coefficient (Wildman–Crippen LogP) is 4.08. The second-order valence-electron chi connectivity index (χ2n) is 6.50. The summed E-state index contributed by atoms with van der Waals surface area (Å²) in [5, 5.41) is 9.53. The van der Waals surface area contributed by atoms with Gasteiger partial charge in [0, 0.05) is 16.9 Å². The molecule has 150 valence electrons. The van der Waals surface area contributed by atoms with Gasteiger partial charge in [-0.15, -0.1) is 0 Å². The fourth-order valence-electron chi connectivity index (χ4n) is 3.06. The molecule has 30 heavy (non-hydrogen) atoms. The maximum Gasteiger partial charge on any atom is 0.316 e. The smallest absolute Gasteiger partial charge is 0.316 e. The van der Waals surface area contributed by atoms with Gasteiger partial charge in [0.15, 0.2) is 0 Å². The lowest BCUT2D eigenvalue weighted by Gasteiger charge is -2.09. The van der Waals surface area contributed by atoms with Gasteiger partial charge in [0.25, 0.3) is 11.6 Å². The molecule has 4 N–H and O–H groups in total. The minimum Gasteiger partial charge on any atom is -0.351 e. The van der Waals surface area contributed by atoms with Crippen molar-refractivity contribution in [1.82, 2.24) is 10.1 Å². The first-order valence-electron chi connectivity index (χ1n) is 8.92. The standard InChI is InChI=1S/C21H16FN5O3/c1-11-18-15(19(28)24-12-6-8-13(9-7-12)25-21(23)29)10-17(26-20(18)30-27-11)14-4-2-3-5-16(14)22/h2-10H,1H3,(H,24,28)(H3,23,25,29). The molecule has 2 heterocycles. The van der Waals surface area contributed by atoms with Gasteiger partial charge < -0.3 is 20.9 Å². The molecule has 0 unspecified atom stereocenters. The molecule has 0 aliphatic heterocycles. The van der Waals surface area contributed by atoms with E-state index in [1.807, 2.05) is 0 Å². The lowest BCUT2D eigenvalue weighted by Crippen LogP contribution is -2.19. The molecule has 0 fully saturated rings. The molecule has 4 rings (SSSR count). The average Bonchev–Trinajstić information content (AvgIpc) is 3.09. The number of urea groups is 1. The van der Waals surface area contributed by atoms with E-state index in [0.717, 1.165) is 0 Å². The fourth-order valence-corrected chi connectivity index (χ4v) is 3.06. The first kappa shape index (κ1) is 19.1. The highest BCUT2D eigenvalue weighted by atomic mass is 19.1. The van der Waals surface area contributed by atoms with Crippen molar-refractivity contribution in [2.75, 3.05) is 10.6 Å². The van der Waals surface area contributed by atoms with Crippen molar-refractivity contribution >= 4 is 34.4 Å². The first-order chi connectivity index (χ1) is 14.4. The van der Waals surface area contributed by atoms with E-state index in [1.165, 1.54) is 12.1 Å². The van der Waals surface area contributed by atoms with Crippen LogP contribution in [0.1, 0.15) is 16.1 Å². The highest BCUT2D eigenvalue weighted by molar-refractivity contribution is 6.13. The molecule has 9 heteroatoms. The van der Waals surface area contributed by atoms with E-state index in [4.69, 9.17) is 10.3 Å². The zero-order valence-electron chi connectivity index (χ0n) is 15.8. The van der Waals surface area contributed by atoms with E-state index in [1.54, 1.807) is 49.4 Å². The molecule has 8 nitrogen and oxygen atoms in total. The van der Waals surface area contributed by atoms with Crippen molar-refractivity contribution in [3.63, 3.8) is 0 Å². The number of fused-ring (bicyclic) bond motifs is 1. The summed E-state index contributed by atoms with van der Waals surface area (Å²) in [6.45, 7) is 1.69. The SMILES string of the molecule is Cc1noc2nc(-c3ccccc3F)cc(C(=O)Nc3ccc(NC(N)=O)cc3)c12. The molecule has 2 aromatic heterocycles. The number of primary amides is 1. The number of carbonyl (C=O) groups excluding carboxylic acids is 2. The van der Waals surface area contributed by atoms with E-state index in [9.17, 15) is 14.0 Å². The Labute approximate surface area is 169 Å². The highest BCUT2D eigenvalue weighted by Crippen LogP contribution is 2.29. The summed E-state index contributed by atoms with van der Waals surface area (Å²) in [5.74, 6) is -0.911. The number of halogens is 1. The normalized spacial score (nSPS) is 10.7. The van der Waals surface area contributed by atoms with Gasteiger partial charge in [0.2, 0.25) is 0 Å². The molecular formula is C21H16FN5O3. The van der Waals surface area contributed by atoms with Gasteiger partial charge >= 0.3 is 6.03 Å². The molecule has 0 bridgehead atoms. The monoisotopic (exact) mass is 405 g/mol. The van der Waals surface area contributed by atoms with Gasteiger partial charge in [-0.05, 0) is 49.4 Å². The third-order valence-corrected chi connectivity index (χ3v) is 4.42. The summed E-state index contributed by atoms with van der Waals surface area (Å²) in [7, 11) is 0. The number of anilines is 2. The Hall–Kier alpha value is -4.27. The number of nitrogens with one attached hydrogen (secondary N) is 2. The van der Waals surface area contributed by atoms with Gasteiger partial charge in [-0.2, -0.15) is 0 Å². The van der Waals surface area contributed by atoms with Gasteiger partial charge in [-0.25, -0.2) is 14.2 Å². The summed E-state index contributed by atoms with van der Waals surface area (Å²) in [6, 6.07) is 13.4. The van der Waals surface area contributed by atoms with Crippen LogP contribution in [0.4, 0.5) is 20.6 Å². The third kappa shape index (κ3) is 3.68. The van der Waals surface area contributed by atoms with Crippen molar-refractivity contribution in [2.45, 2.75) is 6.92 Å². The Morgan fingerprint density at radius 3 is 2.37 bits per heavy atom. The summed E-state index contributed by atoms with van der Waals surface area (Å²) in [6.07, 6.45) is 0. The van der Waals surface area contributed by atoms with Gasteiger partial charge in [-0.1, -0.05) is 17.3 Å². The lowest BCUT2D eigenvalue weighted by molar-refractivity contribution is 0.102. The summed E-state index contributed by atoms with van der Waals surface area (Å²) in [4.78, 5) is 28.2. The molecule has 0 spiro atoms. The Kier molecular flexibility index (Phi) is 4.85. The summed E-state index contributed by atoms with van der Waals surface area (Å²) >= 11 is 0. The van der Waals surface area contributed by atoms with E-state index in [2.05, 4.69) is 20.8 Å². The van der Waals surface area contributed by atoms with E-state index < -0.39 is 17.8 Å². The Morgan fingerprint density at radius 2 is 1.70 bits per heavy atom. The Bertz CT molecular complexity index is 1270. The van der Waals surface area contributed by atoms with Gasteiger partial charge in [-0.3, -0.25) is 4.79 Å². The zero-order chi connectivity index (χ0) is 21.3.